The molecule has 0 saturated heterocycles. The molecule has 0 bridgehead atoms. The summed E-state index contributed by atoms with van der Waals surface area (Å²) in [5, 5.41) is 0. The molecule has 2 fully saturated rings. The Morgan fingerprint density at radius 3 is 0.810 bits per heavy atom. The van der Waals surface area contributed by atoms with E-state index in [-0.39, 0.29) is 40.7 Å². The van der Waals surface area contributed by atoms with E-state index in [1.807, 2.05) is 0 Å². The first-order valence-corrected chi connectivity index (χ1v) is 6.65. The average molecular weight is 451 g/mol. The molecule has 2 rings (SSSR count). The van der Waals surface area contributed by atoms with Crippen LogP contribution in [0.2, 0.25) is 0 Å². The van der Waals surface area contributed by atoms with Crippen LogP contribution >= 0.6 is 0 Å². The molecule has 0 heterocycles. The van der Waals surface area contributed by atoms with Crippen LogP contribution in [0.4, 0.5) is 0 Å². The van der Waals surface area contributed by atoms with Gasteiger partial charge >= 0.3 is 0 Å². The Morgan fingerprint density at radius 2 is 0.714 bits per heavy atom. The van der Waals surface area contributed by atoms with E-state index in [1.54, 1.807) is 0 Å². The molecule has 0 amide bonds. The van der Waals surface area contributed by atoms with Crippen LogP contribution in [-0.2, 0) is 25.8 Å². The van der Waals surface area contributed by atoms with Gasteiger partial charge in [0, 0.05) is 25.8 Å². The van der Waals surface area contributed by atoms with Crippen molar-refractivity contribution >= 4 is 0 Å². The van der Waals surface area contributed by atoms with Crippen molar-refractivity contribution in [3.63, 3.8) is 0 Å². The van der Waals surface area contributed by atoms with Gasteiger partial charge in [-0.2, -0.15) is 0 Å². The Bertz CT molecular complexity index is 193. The first-order valence-electron chi connectivity index (χ1n) is 6.65. The van der Waals surface area contributed by atoms with E-state index in [4.69, 9.17) is 0 Å². The van der Waals surface area contributed by atoms with Crippen LogP contribution in [0.5, 0.6) is 0 Å². The van der Waals surface area contributed by atoms with E-state index >= 15 is 0 Å². The van der Waals surface area contributed by atoms with Gasteiger partial charge in [-0.1, -0.05) is 41.5 Å². The van der Waals surface area contributed by atoms with Crippen LogP contribution in [0, 0.1) is 88.9 Å². The zero-order valence-corrected chi connectivity index (χ0v) is 18.7. The van der Waals surface area contributed by atoms with E-state index in [2.05, 4.69) is 92.9 Å². The van der Waals surface area contributed by atoms with Crippen molar-refractivity contribution in [3.8, 4) is 0 Å². The van der Waals surface area contributed by atoms with Crippen molar-refractivity contribution < 1.29 is 25.8 Å². The molecule has 2 aliphatic carbocycles. The monoisotopic (exact) mass is 452 g/mol. The summed E-state index contributed by atoms with van der Waals surface area (Å²) < 4.78 is 0. The fourth-order valence-corrected chi connectivity index (χ4v) is 1.75. The predicted molar refractivity (Wildman–Crippen MR) is 92.6 cm³/mol. The number of hydrogen-bond donors (Lipinski definition) is 0. The fourth-order valence-electron chi connectivity index (χ4n) is 1.75. The molecule has 2 saturated carbocycles. The Morgan fingerprint density at radius 1 is 0.524 bits per heavy atom. The van der Waals surface area contributed by atoms with Gasteiger partial charge in [-0.3, -0.25) is 0 Å². The van der Waals surface area contributed by atoms with Crippen LogP contribution in [0.1, 0.15) is 41.5 Å². The molecule has 0 aliphatic heterocycles. The molecule has 21 heavy (non-hydrogen) atoms. The molecule has 1 heteroatoms. The molecule has 0 aromatic carbocycles. The largest absolute Gasteiger partial charge is 0.358 e. The normalized spacial score (nSPS) is 19.7. The summed E-state index contributed by atoms with van der Waals surface area (Å²) in [7, 11) is 0. The minimum atomic E-state index is 0. The van der Waals surface area contributed by atoms with E-state index in [1.165, 1.54) is 11.8 Å². The van der Waals surface area contributed by atoms with Crippen molar-refractivity contribution in [3.05, 3.63) is 78.1 Å². The van der Waals surface area contributed by atoms with Gasteiger partial charge in [-0.25, -0.2) is 0 Å². The SMILES string of the molecule is CC(C)(C)[C]1[CH][CH][CH][CH]1.CC(C)(C)[C]1[CH][CH][CH][CH]1.[CH3-].[CH3-].[Hf]. The Hall–Kier alpha value is 0.870. The van der Waals surface area contributed by atoms with Gasteiger partial charge in [0.05, 0.1) is 0 Å². The van der Waals surface area contributed by atoms with Crippen LogP contribution in [0.25, 0.3) is 0 Å². The molecule has 0 unspecified atom stereocenters. The molecule has 10 radical (unpaired) electrons. The van der Waals surface area contributed by atoms with Crippen molar-refractivity contribution in [2.75, 3.05) is 0 Å². The second-order valence-electron chi connectivity index (χ2n) is 6.85. The molecule has 0 aromatic heterocycles. The summed E-state index contributed by atoms with van der Waals surface area (Å²) in [6, 6.07) is 0. The summed E-state index contributed by atoms with van der Waals surface area (Å²) in [4.78, 5) is 0. The fraction of sp³-hybridized carbons (Fsp3) is 0.400. The minimum absolute atomic E-state index is 0. The topological polar surface area (TPSA) is 0 Å². The molecule has 0 nitrogen and oxygen atoms in total. The maximum absolute atomic E-state index is 2.22. The summed E-state index contributed by atoms with van der Waals surface area (Å²) in [5.74, 6) is 2.84. The van der Waals surface area contributed by atoms with E-state index in [9.17, 15) is 0 Å². The zero-order valence-electron chi connectivity index (χ0n) is 15.1. The van der Waals surface area contributed by atoms with Crippen LogP contribution in [0.15, 0.2) is 0 Å². The third-order valence-electron chi connectivity index (χ3n) is 3.06. The molecule has 0 spiro atoms. The van der Waals surface area contributed by atoms with E-state index in [0.717, 1.165) is 0 Å². The van der Waals surface area contributed by atoms with Gasteiger partial charge in [-0.15, -0.1) is 0 Å². The molecule has 118 valence electrons. The summed E-state index contributed by atoms with van der Waals surface area (Å²) in [5.41, 5.74) is 0.646. The number of rotatable bonds is 0. The van der Waals surface area contributed by atoms with Gasteiger partial charge in [-0.05, 0) is 74.0 Å². The van der Waals surface area contributed by atoms with Gasteiger partial charge in [0.25, 0.3) is 0 Å². The molecule has 0 atom stereocenters. The maximum atomic E-state index is 2.22. The van der Waals surface area contributed by atoms with Crippen molar-refractivity contribution in [2.24, 2.45) is 10.8 Å². The van der Waals surface area contributed by atoms with Gasteiger partial charge in [0.2, 0.25) is 0 Å². The second-order valence-corrected chi connectivity index (χ2v) is 6.85. The predicted octanol–water partition coefficient (Wildman–Crippen LogP) is 5.77. The summed E-state index contributed by atoms with van der Waals surface area (Å²) in [6.45, 7) is 13.3. The second kappa shape index (κ2) is 11.4. The average Bonchev–Trinajstić information content (AvgIpc) is 2.91. The molecule has 0 aromatic rings. The zero-order chi connectivity index (χ0) is 13.8. The van der Waals surface area contributed by atoms with E-state index < -0.39 is 0 Å². The summed E-state index contributed by atoms with van der Waals surface area (Å²) in [6.07, 6.45) is 17.0. The number of hydrogen-bond acceptors (Lipinski definition) is 0. The third kappa shape index (κ3) is 10.3. The Kier molecular flexibility index (Phi) is 14.5. The van der Waals surface area contributed by atoms with Crippen LogP contribution in [0.3, 0.4) is 0 Å². The quantitative estimate of drug-likeness (QED) is 0.324. The first kappa shape index (κ1) is 26.8. The molecule has 2 aliphatic rings. The molecular weight excluding hydrogens is 419 g/mol. The van der Waals surface area contributed by atoms with Gasteiger partial charge in [0.15, 0.2) is 0 Å². The van der Waals surface area contributed by atoms with E-state index in [0.29, 0.717) is 10.8 Å². The maximum Gasteiger partial charge on any atom is 0 e. The summed E-state index contributed by atoms with van der Waals surface area (Å²) >= 11 is 0. The van der Waals surface area contributed by atoms with Crippen molar-refractivity contribution in [2.45, 2.75) is 41.5 Å². The van der Waals surface area contributed by atoms with Gasteiger partial charge < -0.3 is 14.9 Å². The Labute approximate surface area is 156 Å². The van der Waals surface area contributed by atoms with Gasteiger partial charge in [0.1, 0.15) is 0 Å². The van der Waals surface area contributed by atoms with Crippen LogP contribution < -0.4 is 0 Å². The van der Waals surface area contributed by atoms with Crippen molar-refractivity contribution in [1.82, 2.24) is 0 Å². The van der Waals surface area contributed by atoms with Crippen molar-refractivity contribution in [1.29, 1.82) is 0 Å². The third-order valence-corrected chi connectivity index (χ3v) is 3.06. The molecular formula is C20H32Hf-2. The Balaban J connectivity index is -0.000000270. The minimum Gasteiger partial charge on any atom is -0.358 e. The molecule has 0 N–H and O–H groups in total. The first-order chi connectivity index (χ1) is 8.21. The smallest absolute Gasteiger partial charge is 0 e. The van der Waals surface area contributed by atoms with Crippen LogP contribution in [-0.4, -0.2) is 0 Å². The standard InChI is InChI=1S/2C9H13.2CH3.Hf/c2*1-9(2,3)8-6-4-5-7-8;;;/h2*4-7H,1-3H3;2*1H3;/q;;2*-1;.